The highest BCUT2D eigenvalue weighted by atomic mass is 16.2. The number of nitriles is 1. The van der Waals surface area contributed by atoms with Gasteiger partial charge in [-0.2, -0.15) is 5.26 Å². The molecule has 1 saturated heterocycles. The van der Waals surface area contributed by atoms with Crippen LogP contribution < -0.4 is 11.1 Å². The van der Waals surface area contributed by atoms with Crippen LogP contribution in [0.4, 0.5) is 4.79 Å². The second kappa shape index (κ2) is 7.48. The molecule has 22 heavy (non-hydrogen) atoms. The zero-order chi connectivity index (χ0) is 16.0. The molecule has 122 valence electrons. The number of urea groups is 1. The Morgan fingerprint density at radius 2 is 2.00 bits per heavy atom. The Bertz CT molecular complexity index is 454. The lowest BCUT2D eigenvalue weighted by atomic mass is 9.85. The summed E-state index contributed by atoms with van der Waals surface area (Å²) in [7, 11) is 0. The summed E-state index contributed by atoms with van der Waals surface area (Å²) in [6, 6.07) is 1.66. The van der Waals surface area contributed by atoms with Crippen molar-refractivity contribution in [1.82, 2.24) is 10.2 Å². The lowest BCUT2D eigenvalue weighted by Gasteiger charge is -2.38. The lowest BCUT2D eigenvalue weighted by Crippen LogP contribution is -2.59. The van der Waals surface area contributed by atoms with Crippen LogP contribution in [-0.2, 0) is 4.79 Å². The number of carbonyl (C=O) groups excluding carboxylic acids is 2. The summed E-state index contributed by atoms with van der Waals surface area (Å²) in [6.45, 7) is 0.741. The van der Waals surface area contributed by atoms with Gasteiger partial charge in [0.25, 0.3) is 0 Å². The van der Waals surface area contributed by atoms with Crippen LogP contribution in [0.15, 0.2) is 0 Å². The summed E-state index contributed by atoms with van der Waals surface area (Å²) in [6.07, 6.45) is 8.88. The fourth-order valence-electron chi connectivity index (χ4n) is 3.61. The summed E-state index contributed by atoms with van der Waals surface area (Å²) >= 11 is 0. The predicted molar refractivity (Wildman–Crippen MR) is 82.7 cm³/mol. The van der Waals surface area contributed by atoms with Gasteiger partial charge in [0.1, 0.15) is 5.54 Å². The maximum Gasteiger partial charge on any atom is 0.314 e. The summed E-state index contributed by atoms with van der Waals surface area (Å²) in [5.41, 5.74) is 4.32. The zero-order valence-electron chi connectivity index (χ0n) is 13.1. The molecule has 0 radical (unpaired) electrons. The van der Waals surface area contributed by atoms with E-state index in [1.807, 2.05) is 0 Å². The fraction of sp³-hybridized carbons (Fsp3) is 0.812. The Morgan fingerprint density at radius 1 is 1.27 bits per heavy atom. The molecule has 1 saturated carbocycles. The number of primary amides is 1. The van der Waals surface area contributed by atoms with Crippen LogP contribution in [0, 0.1) is 17.2 Å². The number of rotatable bonds is 4. The van der Waals surface area contributed by atoms with Gasteiger partial charge in [-0.15, -0.1) is 0 Å². The number of hydrogen-bond donors (Lipinski definition) is 2. The molecule has 6 nitrogen and oxygen atoms in total. The molecule has 0 aromatic rings. The number of likely N-dealkylation sites (tertiary alicyclic amines) is 1. The molecule has 0 bridgehead atoms. The Labute approximate surface area is 132 Å². The highest BCUT2D eigenvalue weighted by molar-refractivity contribution is 5.78. The third kappa shape index (κ3) is 4.36. The second-order valence-electron chi connectivity index (χ2n) is 6.65. The maximum atomic E-state index is 12.2. The number of nitrogens with zero attached hydrogens (tertiary/aromatic N) is 2. The second-order valence-corrected chi connectivity index (χ2v) is 6.65. The lowest BCUT2D eigenvalue weighted by molar-refractivity contribution is -0.123. The quantitative estimate of drug-likeness (QED) is 0.829. The molecular formula is C16H26N4O2. The van der Waals surface area contributed by atoms with E-state index in [-0.39, 0.29) is 12.5 Å². The van der Waals surface area contributed by atoms with E-state index in [2.05, 4.69) is 11.4 Å². The molecule has 2 aliphatic rings. The number of amides is 3. The van der Waals surface area contributed by atoms with Gasteiger partial charge in [0, 0.05) is 13.0 Å². The first-order valence-corrected chi connectivity index (χ1v) is 8.31. The normalized spacial score (nSPS) is 26.2. The topological polar surface area (TPSA) is 99.2 Å². The molecule has 6 heteroatoms. The van der Waals surface area contributed by atoms with Crippen molar-refractivity contribution in [1.29, 1.82) is 5.26 Å². The van der Waals surface area contributed by atoms with E-state index in [1.54, 1.807) is 0 Å². The summed E-state index contributed by atoms with van der Waals surface area (Å²) in [5, 5.41) is 12.3. The molecule has 1 unspecified atom stereocenters. The average Bonchev–Trinajstić information content (AvgIpc) is 2.54. The first-order chi connectivity index (χ1) is 10.5. The van der Waals surface area contributed by atoms with Crippen molar-refractivity contribution in [3.8, 4) is 6.07 Å². The van der Waals surface area contributed by atoms with Crippen LogP contribution in [0.3, 0.4) is 0 Å². The van der Waals surface area contributed by atoms with Crippen molar-refractivity contribution in [2.24, 2.45) is 11.7 Å². The maximum absolute atomic E-state index is 12.2. The standard InChI is InChI=1S/C16H26N4O2/c17-11-16(9-4-10-20(12-16)15(18)22)19-14(21)8-7-13-5-2-1-3-6-13/h13H,1-10,12H2,(H2,18,22)(H,19,21). The van der Waals surface area contributed by atoms with Crippen LogP contribution in [-0.4, -0.2) is 35.5 Å². The van der Waals surface area contributed by atoms with Crippen LogP contribution in [0.5, 0.6) is 0 Å². The smallest absolute Gasteiger partial charge is 0.314 e. The molecule has 3 N–H and O–H groups in total. The Morgan fingerprint density at radius 3 is 2.64 bits per heavy atom. The minimum absolute atomic E-state index is 0.0848. The van der Waals surface area contributed by atoms with Crippen molar-refractivity contribution in [2.75, 3.05) is 13.1 Å². The van der Waals surface area contributed by atoms with Gasteiger partial charge in [0.15, 0.2) is 0 Å². The van der Waals surface area contributed by atoms with Gasteiger partial charge in [0.05, 0.1) is 12.6 Å². The monoisotopic (exact) mass is 306 g/mol. The molecule has 0 aromatic carbocycles. The molecule has 1 aliphatic carbocycles. The Kier molecular flexibility index (Phi) is 5.64. The van der Waals surface area contributed by atoms with Gasteiger partial charge in [-0.25, -0.2) is 4.79 Å². The van der Waals surface area contributed by atoms with E-state index >= 15 is 0 Å². The molecule has 3 amide bonds. The van der Waals surface area contributed by atoms with Gasteiger partial charge >= 0.3 is 6.03 Å². The fourth-order valence-corrected chi connectivity index (χ4v) is 3.61. The van der Waals surface area contributed by atoms with Gasteiger partial charge in [0.2, 0.25) is 5.91 Å². The van der Waals surface area contributed by atoms with Crippen molar-refractivity contribution in [3.05, 3.63) is 0 Å². The van der Waals surface area contributed by atoms with Crippen LogP contribution in [0.1, 0.15) is 57.8 Å². The minimum Gasteiger partial charge on any atom is -0.351 e. The SMILES string of the molecule is N#CC1(NC(=O)CCC2CCCCC2)CCCN(C(N)=O)C1. The van der Waals surface area contributed by atoms with E-state index < -0.39 is 11.6 Å². The molecular weight excluding hydrogens is 280 g/mol. The highest BCUT2D eigenvalue weighted by Crippen LogP contribution is 2.27. The molecule has 2 rings (SSSR count). The van der Waals surface area contributed by atoms with Crippen molar-refractivity contribution >= 4 is 11.9 Å². The third-order valence-corrected chi connectivity index (χ3v) is 4.90. The summed E-state index contributed by atoms with van der Waals surface area (Å²) in [5.74, 6) is 0.560. The van der Waals surface area contributed by atoms with E-state index in [4.69, 9.17) is 5.73 Å². The number of nitrogens with two attached hydrogens (primary N) is 1. The Balaban J connectivity index is 1.84. The third-order valence-electron chi connectivity index (χ3n) is 4.90. The first-order valence-electron chi connectivity index (χ1n) is 8.31. The highest BCUT2D eigenvalue weighted by Gasteiger charge is 2.38. The summed E-state index contributed by atoms with van der Waals surface area (Å²) in [4.78, 5) is 24.9. The zero-order valence-corrected chi connectivity index (χ0v) is 13.1. The largest absolute Gasteiger partial charge is 0.351 e. The predicted octanol–water partition coefficient (Wildman–Crippen LogP) is 1.90. The van der Waals surface area contributed by atoms with Crippen molar-refractivity contribution in [2.45, 2.75) is 63.3 Å². The number of piperidine rings is 1. The molecule has 1 aliphatic heterocycles. The van der Waals surface area contributed by atoms with E-state index in [1.165, 1.54) is 37.0 Å². The van der Waals surface area contributed by atoms with E-state index in [0.29, 0.717) is 31.7 Å². The average molecular weight is 306 g/mol. The molecule has 2 fully saturated rings. The van der Waals surface area contributed by atoms with Crippen LogP contribution in [0.2, 0.25) is 0 Å². The molecule has 0 aromatic heterocycles. The first kappa shape index (κ1) is 16.6. The van der Waals surface area contributed by atoms with Gasteiger partial charge in [-0.3, -0.25) is 4.79 Å². The van der Waals surface area contributed by atoms with E-state index in [9.17, 15) is 14.9 Å². The van der Waals surface area contributed by atoms with Crippen LogP contribution in [0.25, 0.3) is 0 Å². The number of hydrogen-bond acceptors (Lipinski definition) is 3. The summed E-state index contributed by atoms with van der Waals surface area (Å²) < 4.78 is 0. The molecule has 1 heterocycles. The van der Waals surface area contributed by atoms with Gasteiger partial charge in [-0.1, -0.05) is 32.1 Å². The van der Waals surface area contributed by atoms with Crippen molar-refractivity contribution < 1.29 is 9.59 Å². The van der Waals surface area contributed by atoms with Crippen LogP contribution >= 0.6 is 0 Å². The van der Waals surface area contributed by atoms with Crippen molar-refractivity contribution in [3.63, 3.8) is 0 Å². The molecule has 0 spiro atoms. The van der Waals surface area contributed by atoms with Gasteiger partial charge < -0.3 is 16.0 Å². The van der Waals surface area contributed by atoms with E-state index in [0.717, 1.165) is 6.42 Å². The Hall–Kier alpha value is -1.77. The number of carbonyl (C=O) groups is 2. The van der Waals surface area contributed by atoms with Gasteiger partial charge in [-0.05, 0) is 25.2 Å². The minimum atomic E-state index is -0.975. The molecule has 1 atom stereocenters. The number of nitrogens with one attached hydrogen (secondary N) is 1.